The molecule has 0 aromatic carbocycles. The molecule has 0 radical (unpaired) electrons. The smallest absolute Gasteiger partial charge is 0.303 e. The van der Waals surface area contributed by atoms with Crippen molar-refractivity contribution in [2.75, 3.05) is 26.4 Å². The lowest BCUT2D eigenvalue weighted by atomic mass is 9.74. The van der Waals surface area contributed by atoms with Gasteiger partial charge in [-0.25, -0.2) is 0 Å². The Hall–Kier alpha value is -2.78. The van der Waals surface area contributed by atoms with Crippen LogP contribution in [0.1, 0.15) is 106 Å². The van der Waals surface area contributed by atoms with E-state index in [4.69, 9.17) is 19.3 Å². The van der Waals surface area contributed by atoms with E-state index in [1.807, 2.05) is 34.6 Å². The highest BCUT2D eigenvalue weighted by Gasteiger charge is 2.45. The van der Waals surface area contributed by atoms with Gasteiger partial charge in [0, 0.05) is 36.8 Å². The lowest BCUT2D eigenvalue weighted by molar-refractivity contribution is -0.270. The lowest BCUT2D eigenvalue weighted by Crippen LogP contribution is -2.64. The van der Waals surface area contributed by atoms with Crippen LogP contribution in [0, 0.1) is 10.8 Å². The Balaban J connectivity index is 2.49. The molecule has 0 saturated carbocycles. The van der Waals surface area contributed by atoms with E-state index in [-0.39, 0.29) is 31.3 Å². The van der Waals surface area contributed by atoms with Gasteiger partial charge in [-0.05, 0) is 52.9 Å². The minimum atomic E-state index is -1.44. The van der Waals surface area contributed by atoms with Crippen LogP contribution in [0.2, 0.25) is 0 Å². The standard InChI is InChI=1S/C33H59N3O11/c1-8-45-22(3)21(2)35-31(44)33(6,7)20-32(4,5)30(43)34-17-13-9-10-14-18-46-29-26(28(42)27(41)23(19-37)47-29)36-24(38)15-11-12-16-25(39)40/h23,26-29,37,41-42H,8-20H2,1-7H3,(H,34,43)(H,35,44)(H,36,38)(H,39,40). The molecule has 7 N–H and O–H groups in total. The van der Waals surface area contributed by atoms with Crippen LogP contribution in [0.3, 0.4) is 0 Å². The molecule has 0 aromatic rings. The van der Waals surface area contributed by atoms with Gasteiger partial charge in [0.15, 0.2) is 6.29 Å². The zero-order valence-corrected chi connectivity index (χ0v) is 29.2. The van der Waals surface area contributed by atoms with Gasteiger partial charge < -0.3 is 50.6 Å². The highest BCUT2D eigenvalue weighted by atomic mass is 16.7. The molecule has 47 heavy (non-hydrogen) atoms. The molecule has 14 nitrogen and oxygen atoms in total. The average Bonchev–Trinajstić information content (AvgIpc) is 2.99. The van der Waals surface area contributed by atoms with E-state index in [2.05, 4.69) is 16.0 Å². The van der Waals surface area contributed by atoms with Crippen LogP contribution in [0.25, 0.3) is 0 Å². The Morgan fingerprint density at radius 1 is 0.851 bits per heavy atom. The van der Waals surface area contributed by atoms with Crippen molar-refractivity contribution in [3.05, 3.63) is 11.5 Å². The van der Waals surface area contributed by atoms with Gasteiger partial charge in [0.05, 0.1) is 18.9 Å². The monoisotopic (exact) mass is 673 g/mol. The van der Waals surface area contributed by atoms with Crippen LogP contribution < -0.4 is 16.0 Å². The predicted molar refractivity (Wildman–Crippen MR) is 174 cm³/mol. The summed E-state index contributed by atoms with van der Waals surface area (Å²) in [7, 11) is 0. The number of nitrogens with one attached hydrogen (secondary N) is 3. The fourth-order valence-corrected chi connectivity index (χ4v) is 5.44. The van der Waals surface area contributed by atoms with Crippen molar-refractivity contribution in [1.29, 1.82) is 0 Å². The number of carbonyl (C=O) groups excluding carboxylic acids is 3. The second-order valence-electron chi connectivity index (χ2n) is 13.5. The molecular formula is C33H59N3O11. The highest BCUT2D eigenvalue weighted by molar-refractivity contribution is 5.86. The Labute approximate surface area is 279 Å². The Bertz CT molecular complexity index is 1050. The third-order valence-corrected chi connectivity index (χ3v) is 8.19. The Kier molecular flexibility index (Phi) is 18.5. The summed E-state index contributed by atoms with van der Waals surface area (Å²) in [6, 6.07) is -1.07. The zero-order valence-electron chi connectivity index (χ0n) is 29.2. The number of carbonyl (C=O) groups is 4. The summed E-state index contributed by atoms with van der Waals surface area (Å²) in [5.41, 5.74) is -0.940. The first kappa shape index (κ1) is 42.2. The van der Waals surface area contributed by atoms with Crippen LogP contribution in [-0.2, 0) is 33.4 Å². The van der Waals surface area contributed by atoms with Gasteiger partial charge in [0.2, 0.25) is 17.7 Å². The number of allylic oxidation sites excluding steroid dienone is 2. The number of aliphatic hydroxyl groups is 3. The summed E-state index contributed by atoms with van der Waals surface area (Å²) in [6.45, 7) is 13.4. The van der Waals surface area contributed by atoms with Crippen LogP contribution >= 0.6 is 0 Å². The third-order valence-electron chi connectivity index (χ3n) is 8.19. The number of aliphatic hydroxyl groups excluding tert-OH is 3. The second kappa shape index (κ2) is 20.6. The molecule has 1 fully saturated rings. The largest absolute Gasteiger partial charge is 0.497 e. The molecule has 272 valence electrons. The van der Waals surface area contributed by atoms with Crippen molar-refractivity contribution >= 4 is 23.7 Å². The maximum absolute atomic E-state index is 13.0. The van der Waals surface area contributed by atoms with Crippen molar-refractivity contribution in [2.24, 2.45) is 10.8 Å². The first-order valence-electron chi connectivity index (χ1n) is 16.6. The predicted octanol–water partition coefficient (Wildman–Crippen LogP) is 2.10. The molecule has 5 unspecified atom stereocenters. The number of aliphatic carboxylic acids is 1. The number of amides is 3. The highest BCUT2D eigenvalue weighted by Crippen LogP contribution is 2.34. The van der Waals surface area contributed by atoms with Crippen molar-refractivity contribution < 1.29 is 53.8 Å². The number of ether oxygens (including phenoxy) is 3. The Morgan fingerprint density at radius 2 is 1.47 bits per heavy atom. The molecule has 5 atom stereocenters. The number of hydrogen-bond donors (Lipinski definition) is 7. The first-order valence-corrected chi connectivity index (χ1v) is 16.6. The van der Waals surface area contributed by atoms with Gasteiger partial charge in [0.1, 0.15) is 30.1 Å². The Morgan fingerprint density at radius 3 is 2.09 bits per heavy atom. The SMILES string of the molecule is CCOC(C)=C(C)NC(=O)C(C)(C)CC(C)(C)C(=O)NCCCCCCOC1OC(CO)C(O)C(O)C1NC(=O)CCCCC(=O)O. The van der Waals surface area contributed by atoms with Crippen molar-refractivity contribution in [3.63, 3.8) is 0 Å². The molecule has 1 saturated heterocycles. The molecule has 0 aromatic heterocycles. The van der Waals surface area contributed by atoms with E-state index in [1.54, 1.807) is 13.8 Å². The van der Waals surface area contributed by atoms with E-state index in [0.29, 0.717) is 50.3 Å². The minimum Gasteiger partial charge on any atom is -0.497 e. The molecule has 14 heteroatoms. The first-order chi connectivity index (χ1) is 22.0. The van der Waals surface area contributed by atoms with E-state index in [0.717, 1.165) is 19.3 Å². The summed E-state index contributed by atoms with van der Waals surface area (Å²) in [5, 5.41) is 47.6. The van der Waals surface area contributed by atoms with Gasteiger partial charge in [-0.1, -0.05) is 40.5 Å². The van der Waals surface area contributed by atoms with Crippen molar-refractivity contribution in [3.8, 4) is 0 Å². The van der Waals surface area contributed by atoms with Gasteiger partial charge in [-0.15, -0.1) is 0 Å². The normalized spacial score (nSPS) is 22.2. The summed E-state index contributed by atoms with van der Waals surface area (Å²) in [5.74, 6) is -1.06. The quantitative estimate of drug-likeness (QED) is 0.0653. The van der Waals surface area contributed by atoms with E-state index >= 15 is 0 Å². The van der Waals surface area contributed by atoms with Crippen molar-refractivity contribution in [1.82, 2.24) is 16.0 Å². The molecular weight excluding hydrogens is 614 g/mol. The molecule has 0 bridgehead atoms. The van der Waals surface area contributed by atoms with Gasteiger partial charge in [-0.2, -0.15) is 0 Å². The maximum atomic E-state index is 13.0. The molecule has 0 spiro atoms. The topological polar surface area (TPSA) is 213 Å². The van der Waals surface area contributed by atoms with Gasteiger partial charge in [-0.3, -0.25) is 19.2 Å². The van der Waals surface area contributed by atoms with E-state index < -0.39 is 60.0 Å². The fourth-order valence-electron chi connectivity index (χ4n) is 5.44. The number of unbranched alkanes of at least 4 members (excludes halogenated alkanes) is 4. The van der Waals surface area contributed by atoms with Crippen molar-refractivity contribution in [2.45, 2.75) is 137 Å². The number of carboxylic acid groups (broad SMARTS) is 1. The zero-order chi connectivity index (χ0) is 35.8. The molecule has 1 heterocycles. The minimum absolute atomic E-state index is 0.0372. The van der Waals surface area contributed by atoms with Crippen LogP contribution in [-0.4, -0.2) is 101 Å². The summed E-state index contributed by atoms with van der Waals surface area (Å²) < 4.78 is 16.9. The van der Waals surface area contributed by atoms with E-state index in [9.17, 15) is 34.5 Å². The molecule has 1 aliphatic heterocycles. The van der Waals surface area contributed by atoms with Gasteiger partial charge >= 0.3 is 5.97 Å². The van der Waals surface area contributed by atoms with Crippen LogP contribution in [0.5, 0.6) is 0 Å². The molecule has 0 aliphatic carbocycles. The maximum Gasteiger partial charge on any atom is 0.303 e. The van der Waals surface area contributed by atoms with Crippen LogP contribution in [0.15, 0.2) is 11.5 Å². The number of carboxylic acids is 1. The fraction of sp³-hybridized carbons (Fsp3) is 0.818. The van der Waals surface area contributed by atoms with E-state index in [1.165, 1.54) is 0 Å². The lowest BCUT2D eigenvalue weighted by Gasteiger charge is -2.42. The van der Waals surface area contributed by atoms with Gasteiger partial charge in [0.25, 0.3) is 0 Å². The summed E-state index contributed by atoms with van der Waals surface area (Å²) in [4.78, 5) is 49.0. The average molecular weight is 674 g/mol. The molecule has 1 rings (SSSR count). The number of rotatable bonds is 22. The third kappa shape index (κ3) is 14.9. The van der Waals surface area contributed by atoms with Crippen LogP contribution in [0.4, 0.5) is 0 Å². The summed E-state index contributed by atoms with van der Waals surface area (Å²) >= 11 is 0. The second-order valence-corrected chi connectivity index (χ2v) is 13.5. The molecule has 1 aliphatic rings. The molecule has 3 amide bonds. The summed E-state index contributed by atoms with van der Waals surface area (Å²) in [6.07, 6.45) is -1.15. The number of hydrogen-bond acceptors (Lipinski definition) is 10.